The van der Waals surface area contributed by atoms with Gasteiger partial charge in [-0.15, -0.1) is 0 Å². The zero-order chi connectivity index (χ0) is 9.07. The molecule has 0 aromatic heterocycles. The summed E-state index contributed by atoms with van der Waals surface area (Å²) in [5.41, 5.74) is 0. The Hall–Kier alpha value is 0.150. The van der Waals surface area contributed by atoms with Gasteiger partial charge in [0.05, 0.1) is 11.7 Å². The number of aliphatic imine (C=N–C) groups is 1. The first-order valence-electron chi connectivity index (χ1n) is 4.53. The van der Waals surface area contributed by atoms with Crippen LogP contribution in [0.25, 0.3) is 0 Å². The molecule has 0 unspecified atom stereocenters. The molecule has 0 aliphatic carbocycles. The van der Waals surface area contributed by atoms with Gasteiger partial charge >= 0.3 is 0 Å². The SMILES string of the molecule is CCCCCCSCCN=C=S. The number of thiocarbonyl (C=S) groups is 1. The summed E-state index contributed by atoms with van der Waals surface area (Å²) in [7, 11) is 0. The summed E-state index contributed by atoms with van der Waals surface area (Å²) in [4.78, 5) is 3.85. The lowest BCUT2D eigenvalue weighted by atomic mass is 10.2. The zero-order valence-corrected chi connectivity index (χ0v) is 9.35. The fraction of sp³-hybridized carbons (Fsp3) is 0.889. The van der Waals surface area contributed by atoms with Gasteiger partial charge in [0.2, 0.25) is 0 Å². The molecule has 0 rings (SSSR count). The maximum atomic E-state index is 4.46. The third-order valence-corrected chi connectivity index (χ3v) is 2.73. The van der Waals surface area contributed by atoms with E-state index in [0.29, 0.717) is 0 Å². The second-order valence-electron chi connectivity index (χ2n) is 2.65. The van der Waals surface area contributed by atoms with Crippen molar-refractivity contribution in [2.45, 2.75) is 32.6 Å². The molecule has 0 aliphatic heterocycles. The van der Waals surface area contributed by atoms with E-state index in [1.54, 1.807) is 0 Å². The minimum atomic E-state index is 0.835. The Bertz CT molecular complexity index is 130. The smallest absolute Gasteiger partial charge is 0.0585 e. The van der Waals surface area contributed by atoms with Gasteiger partial charge in [0.25, 0.3) is 0 Å². The van der Waals surface area contributed by atoms with E-state index in [-0.39, 0.29) is 0 Å². The molecular weight excluding hydrogens is 186 g/mol. The number of thioether (sulfide) groups is 1. The van der Waals surface area contributed by atoms with Gasteiger partial charge in [-0.05, 0) is 24.4 Å². The van der Waals surface area contributed by atoms with E-state index >= 15 is 0 Å². The van der Waals surface area contributed by atoms with Crippen molar-refractivity contribution in [1.29, 1.82) is 0 Å². The predicted molar refractivity (Wildman–Crippen MR) is 61.4 cm³/mol. The topological polar surface area (TPSA) is 12.4 Å². The highest BCUT2D eigenvalue weighted by molar-refractivity contribution is 7.99. The molecule has 0 atom stereocenters. The molecule has 12 heavy (non-hydrogen) atoms. The van der Waals surface area contributed by atoms with Gasteiger partial charge in [-0.1, -0.05) is 26.2 Å². The maximum Gasteiger partial charge on any atom is 0.0585 e. The molecule has 0 heterocycles. The average Bonchev–Trinajstić information content (AvgIpc) is 2.10. The van der Waals surface area contributed by atoms with Gasteiger partial charge in [-0.2, -0.15) is 11.8 Å². The van der Waals surface area contributed by atoms with Gasteiger partial charge in [0.15, 0.2) is 0 Å². The van der Waals surface area contributed by atoms with Gasteiger partial charge in [0, 0.05) is 5.75 Å². The van der Waals surface area contributed by atoms with Crippen molar-refractivity contribution in [3.63, 3.8) is 0 Å². The van der Waals surface area contributed by atoms with Crippen molar-refractivity contribution in [3.8, 4) is 0 Å². The second kappa shape index (κ2) is 11.2. The van der Waals surface area contributed by atoms with E-state index < -0.39 is 0 Å². The van der Waals surface area contributed by atoms with Crippen molar-refractivity contribution in [1.82, 2.24) is 0 Å². The molecule has 0 saturated carbocycles. The Balaban J connectivity index is 2.86. The summed E-state index contributed by atoms with van der Waals surface area (Å²) in [6, 6.07) is 0. The van der Waals surface area contributed by atoms with Crippen molar-refractivity contribution in [2.75, 3.05) is 18.1 Å². The molecule has 0 N–H and O–H groups in total. The van der Waals surface area contributed by atoms with Crippen LogP contribution in [0.4, 0.5) is 0 Å². The highest BCUT2D eigenvalue weighted by atomic mass is 32.2. The third kappa shape index (κ3) is 10.2. The first kappa shape index (κ1) is 12.2. The number of nitrogens with zero attached hydrogens (tertiary/aromatic N) is 1. The average molecular weight is 203 g/mol. The molecule has 0 amide bonds. The van der Waals surface area contributed by atoms with E-state index in [9.17, 15) is 0 Å². The number of unbranched alkanes of at least 4 members (excludes halogenated alkanes) is 3. The summed E-state index contributed by atoms with van der Waals surface area (Å²) in [5, 5.41) is 2.37. The van der Waals surface area contributed by atoms with Gasteiger partial charge < -0.3 is 0 Å². The molecule has 0 aliphatic rings. The molecule has 0 spiro atoms. The molecule has 0 saturated heterocycles. The predicted octanol–water partition coefficient (Wildman–Crippen LogP) is 3.40. The Kier molecular flexibility index (Phi) is 11.3. The quantitative estimate of drug-likeness (QED) is 0.340. The van der Waals surface area contributed by atoms with Crippen LogP contribution in [0.5, 0.6) is 0 Å². The fourth-order valence-corrected chi connectivity index (χ4v) is 1.81. The van der Waals surface area contributed by atoms with Gasteiger partial charge in [-0.3, -0.25) is 0 Å². The Labute approximate surface area is 85.0 Å². The summed E-state index contributed by atoms with van der Waals surface area (Å²) < 4.78 is 0. The Morgan fingerprint density at radius 1 is 1.25 bits per heavy atom. The van der Waals surface area contributed by atoms with Crippen LogP contribution in [0, 0.1) is 0 Å². The number of hydrogen-bond acceptors (Lipinski definition) is 3. The molecule has 70 valence electrons. The largest absolute Gasteiger partial charge is 0.232 e. The summed E-state index contributed by atoms with van der Waals surface area (Å²) in [6.07, 6.45) is 5.41. The van der Waals surface area contributed by atoms with Crippen molar-refractivity contribution in [2.24, 2.45) is 4.99 Å². The number of isothiocyanates is 1. The van der Waals surface area contributed by atoms with Crippen LogP contribution < -0.4 is 0 Å². The summed E-state index contributed by atoms with van der Waals surface area (Å²) in [5.74, 6) is 2.36. The monoisotopic (exact) mass is 203 g/mol. The Morgan fingerprint density at radius 3 is 2.75 bits per heavy atom. The molecule has 0 fully saturated rings. The van der Waals surface area contributed by atoms with E-state index in [1.165, 1.54) is 31.4 Å². The van der Waals surface area contributed by atoms with E-state index in [0.717, 1.165) is 12.3 Å². The van der Waals surface area contributed by atoms with Crippen LogP contribution in [0.15, 0.2) is 4.99 Å². The van der Waals surface area contributed by atoms with Crippen LogP contribution in [-0.2, 0) is 0 Å². The molecular formula is C9H17NS2. The van der Waals surface area contributed by atoms with Crippen molar-refractivity contribution in [3.05, 3.63) is 0 Å². The maximum absolute atomic E-state index is 4.46. The molecule has 3 heteroatoms. The molecule has 0 aromatic rings. The molecule has 0 bridgehead atoms. The van der Waals surface area contributed by atoms with Gasteiger partial charge in [0.1, 0.15) is 0 Å². The van der Waals surface area contributed by atoms with E-state index in [2.05, 4.69) is 29.3 Å². The van der Waals surface area contributed by atoms with Gasteiger partial charge in [-0.25, -0.2) is 4.99 Å². The van der Waals surface area contributed by atoms with Crippen LogP contribution in [-0.4, -0.2) is 23.2 Å². The number of hydrogen-bond donors (Lipinski definition) is 0. The second-order valence-corrected chi connectivity index (χ2v) is 4.05. The Morgan fingerprint density at radius 2 is 2.08 bits per heavy atom. The summed E-state index contributed by atoms with van der Waals surface area (Å²) in [6.45, 7) is 3.07. The highest BCUT2D eigenvalue weighted by Crippen LogP contribution is 2.06. The lowest BCUT2D eigenvalue weighted by molar-refractivity contribution is 0.706. The van der Waals surface area contributed by atoms with Crippen LogP contribution in [0.1, 0.15) is 32.6 Å². The zero-order valence-electron chi connectivity index (χ0n) is 7.71. The standard InChI is InChI=1S/C9H17NS2/c1-2-3-4-5-7-12-8-6-10-9-11/h2-8H2,1H3. The number of rotatable bonds is 8. The molecule has 0 radical (unpaired) electrons. The van der Waals surface area contributed by atoms with Crippen LogP contribution in [0.3, 0.4) is 0 Å². The molecule has 0 aromatic carbocycles. The normalized spacial score (nSPS) is 9.42. The lowest BCUT2D eigenvalue weighted by Gasteiger charge is -1.97. The first-order chi connectivity index (χ1) is 5.91. The first-order valence-corrected chi connectivity index (χ1v) is 6.09. The highest BCUT2D eigenvalue weighted by Gasteiger charge is 1.88. The van der Waals surface area contributed by atoms with E-state index in [4.69, 9.17) is 0 Å². The molecule has 1 nitrogen and oxygen atoms in total. The third-order valence-electron chi connectivity index (χ3n) is 1.55. The lowest BCUT2D eigenvalue weighted by Crippen LogP contribution is -1.87. The van der Waals surface area contributed by atoms with Crippen LogP contribution >= 0.6 is 24.0 Å². The van der Waals surface area contributed by atoms with Crippen molar-refractivity contribution < 1.29 is 0 Å². The fourth-order valence-electron chi connectivity index (χ4n) is 0.889. The van der Waals surface area contributed by atoms with E-state index in [1.807, 2.05) is 11.8 Å². The van der Waals surface area contributed by atoms with Crippen LogP contribution in [0.2, 0.25) is 0 Å². The van der Waals surface area contributed by atoms with Crippen molar-refractivity contribution >= 4 is 29.1 Å². The minimum Gasteiger partial charge on any atom is -0.232 e. The summed E-state index contributed by atoms with van der Waals surface area (Å²) >= 11 is 6.42. The minimum absolute atomic E-state index is 0.835.